The SMILES string of the molecule is O=C(NNc1ccccc1OCc1ccccc1Cl)[C@@H]1CC(=O)N(c2ccccc2)C1. The Morgan fingerprint density at radius 2 is 1.71 bits per heavy atom. The van der Waals surface area contributed by atoms with Crippen molar-refractivity contribution in [3.8, 4) is 5.75 Å². The summed E-state index contributed by atoms with van der Waals surface area (Å²) in [6.07, 6.45) is 0.174. The van der Waals surface area contributed by atoms with Gasteiger partial charge in [0.15, 0.2) is 0 Å². The molecule has 1 atom stereocenters. The molecule has 1 heterocycles. The predicted octanol–water partition coefficient (Wildman–Crippen LogP) is 4.42. The second kappa shape index (κ2) is 9.53. The molecule has 4 rings (SSSR count). The molecule has 31 heavy (non-hydrogen) atoms. The van der Waals surface area contributed by atoms with E-state index in [9.17, 15) is 9.59 Å². The van der Waals surface area contributed by atoms with Crippen LogP contribution in [0.25, 0.3) is 0 Å². The maximum atomic E-state index is 12.7. The molecule has 7 heteroatoms. The summed E-state index contributed by atoms with van der Waals surface area (Å²) >= 11 is 6.19. The Morgan fingerprint density at radius 1 is 1.00 bits per heavy atom. The van der Waals surface area contributed by atoms with Gasteiger partial charge in [0.1, 0.15) is 12.4 Å². The van der Waals surface area contributed by atoms with Crippen LogP contribution in [0, 0.1) is 5.92 Å². The number of amides is 2. The summed E-state index contributed by atoms with van der Waals surface area (Å²) < 4.78 is 5.89. The topological polar surface area (TPSA) is 70.7 Å². The number of nitrogens with one attached hydrogen (secondary N) is 2. The Morgan fingerprint density at radius 3 is 2.52 bits per heavy atom. The molecule has 2 amide bonds. The number of anilines is 2. The molecule has 1 saturated heterocycles. The lowest BCUT2D eigenvalue weighted by Crippen LogP contribution is -2.36. The minimum Gasteiger partial charge on any atom is -0.487 e. The van der Waals surface area contributed by atoms with E-state index < -0.39 is 5.92 Å². The molecule has 0 aromatic heterocycles. The van der Waals surface area contributed by atoms with Crippen LogP contribution in [0.5, 0.6) is 5.75 Å². The third-order valence-electron chi connectivity index (χ3n) is 5.11. The Hall–Kier alpha value is -3.51. The van der Waals surface area contributed by atoms with E-state index in [1.54, 1.807) is 11.0 Å². The Bertz CT molecular complexity index is 1070. The summed E-state index contributed by atoms with van der Waals surface area (Å²) in [5.41, 5.74) is 7.92. The number of ether oxygens (including phenoxy) is 1. The van der Waals surface area contributed by atoms with Crippen molar-refractivity contribution < 1.29 is 14.3 Å². The molecule has 158 valence electrons. The molecular weight excluding hydrogens is 414 g/mol. The molecule has 6 nitrogen and oxygen atoms in total. The van der Waals surface area contributed by atoms with Gasteiger partial charge in [-0.2, -0.15) is 0 Å². The number of para-hydroxylation sites is 3. The third kappa shape index (κ3) is 4.98. The van der Waals surface area contributed by atoms with Crippen LogP contribution in [-0.4, -0.2) is 18.4 Å². The molecule has 0 spiro atoms. The average Bonchev–Trinajstić information content (AvgIpc) is 3.20. The number of rotatable bonds is 7. The smallest absolute Gasteiger partial charge is 0.243 e. The Kier molecular flexibility index (Phi) is 6.38. The lowest BCUT2D eigenvalue weighted by Gasteiger charge is -2.17. The number of benzene rings is 3. The van der Waals surface area contributed by atoms with E-state index in [2.05, 4.69) is 10.9 Å². The van der Waals surface area contributed by atoms with Crippen LogP contribution in [0.2, 0.25) is 5.02 Å². The van der Waals surface area contributed by atoms with Crippen molar-refractivity contribution in [2.45, 2.75) is 13.0 Å². The highest BCUT2D eigenvalue weighted by atomic mass is 35.5. The second-order valence-corrected chi connectivity index (χ2v) is 7.64. The fourth-order valence-electron chi connectivity index (χ4n) is 3.44. The van der Waals surface area contributed by atoms with Gasteiger partial charge < -0.3 is 9.64 Å². The van der Waals surface area contributed by atoms with Gasteiger partial charge in [0.05, 0.1) is 11.6 Å². The van der Waals surface area contributed by atoms with Gasteiger partial charge in [-0.15, -0.1) is 0 Å². The zero-order valence-corrected chi connectivity index (χ0v) is 17.5. The third-order valence-corrected chi connectivity index (χ3v) is 5.48. The van der Waals surface area contributed by atoms with Crippen molar-refractivity contribution in [3.05, 3.63) is 89.4 Å². The van der Waals surface area contributed by atoms with Crippen molar-refractivity contribution in [1.29, 1.82) is 0 Å². The maximum absolute atomic E-state index is 12.7. The normalized spacial score (nSPS) is 15.6. The first-order valence-corrected chi connectivity index (χ1v) is 10.4. The zero-order valence-electron chi connectivity index (χ0n) is 16.8. The van der Waals surface area contributed by atoms with Crippen molar-refractivity contribution in [3.63, 3.8) is 0 Å². The lowest BCUT2D eigenvalue weighted by molar-refractivity contribution is -0.125. The minimum atomic E-state index is -0.434. The van der Waals surface area contributed by atoms with Gasteiger partial charge in [-0.25, -0.2) is 0 Å². The van der Waals surface area contributed by atoms with E-state index in [-0.39, 0.29) is 18.2 Å². The van der Waals surface area contributed by atoms with Crippen LogP contribution in [0.1, 0.15) is 12.0 Å². The monoisotopic (exact) mass is 435 g/mol. The van der Waals surface area contributed by atoms with Crippen LogP contribution >= 0.6 is 11.6 Å². The Labute approximate surface area is 185 Å². The number of hydrazine groups is 1. The first-order chi connectivity index (χ1) is 15.1. The minimum absolute atomic E-state index is 0.0603. The molecular formula is C24H22ClN3O3. The average molecular weight is 436 g/mol. The summed E-state index contributed by atoms with van der Waals surface area (Å²) in [7, 11) is 0. The van der Waals surface area contributed by atoms with Crippen LogP contribution in [0.3, 0.4) is 0 Å². The van der Waals surface area contributed by atoms with Crippen LogP contribution in [0.15, 0.2) is 78.9 Å². The lowest BCUT2D eigenvalue weighted by atomic mass is 10.1. The molecule has 1 fully saturated rings. The van der Waals surface area contributed by atoms with Gasteiger partial charge in [0.2, 0.25) is 11.8 Å². The van der Waals surface area contributed by atoms with Crippen molar-refractivity contribution in [1.82, 2.24) is 5.43 Å². The standard InChI is InChI=1S/C24H22ClN3O3/c25-20-11-5-4-8-17(20)16-31-22-13-7-6-12-21(22)26-27-24(30)18-14-23(29)28(15-18)19-9-2-1-3-10-19/h1-13,18,26H,14-16H2,(H,27,30)/t18-/m1/s1. The van der Waals surface area contributed by atoms with Crippen LogP contribution in [-0.2, 0) is 16.2 Å². The molecule has 0 saturated carbocycles. The van der Waals surface area contributed by atoms with Crippen LogP contribution < -0.4 is 20.5 Å². The van der Waals surface area contributed by atoms with Crippen molar-refractivity contribution in [2.24, 2.45) is 5.92 Å². The Balaban J connectivity index is 1.36. The molecule has 3 aromatic carbocycles. The molecule has 0 bridgehead atoms. The number of halogens is 1. The number of nitrogens with zero attached hydrogens (tertiary/aromatic N) is 1. The van der Waals surface area contributed by atoms with Gasteiger partial charge in [-0.1, -0.05) is 60.1 Å². The first-order valence-electron chi connectivity index (χ1n) is 9.98. The van der Waals surface area contributed by atoms with E-state index in [0.717, 1.165) is 11.3 Å². The number of hydrogen-bond donors (Lipinski definition) is 2. The number of hydrogen-bond acceptors (Lipinski definition) is 4. The highest BCUT2D eigenvalue weighted by Crippen LogP contribution is 2.27. The van der Waals surface area contributed by atoms with E-state index in [4.69, 9.17) is 16.3 Å². The highest BCUT2D eigenvalue weighted by Gasteiger charge is 2.35. The predicted molar refractivity (Wildman–Crippen MR) is 121 cm³/mol. The molecule has 0 unspecified atom stereocenters. The van der Waals surface area contributed by atoms with E-state index in [1.807, 2.05) is 72.8 Å². The fraction of sp³-hybridized carbons (Fsp3) is 0.167. The second-order valence-electron chi connectivity index (χ2n) is 7.23. The molecule has 0 radical (unpaired) electrons. The first kappa shape index (κ1) is 20.8. The maximum Gasteiger partial charge on any atom is 0.243 e. The van der Waals surface area contributed by atoms with Crippen LogP contribution in [0.4, 0.5) is 11.4 Å². The summed E-state index contributed by atoms with van der Waals surface area (Å²) in [5.74, 6) is -0.157. The van der Waals surface area contributed by atoms with Gasteiger partial charge >= 0.3 is 0 Å². The molecule has 1 aliphatic heterocycles. The zero-order chi connectivity index (χ0) is 21.6. The highest BCUT2D eigenvalue weighted by molar-refractivity contribution is 6.31. The van der Waals surface area contributed by atoms with E-state index in [1.165, 1.54) is 0 Å². The van der Waals surface area contributed by atoms with Crippen molar-refractivity contribution >= 4 is 34.8 Å². The summed E-state index contributed by atoms with van der Waals surface area (Å²) in [6.45, 7) is 0.649. The van der Waals surface area contributed by atoms with Crippen molar-refractivity contribution in [2.75, 3.05) is 16.9 Å². The van der Waals surface area contributed by atoms with Gasteiger partial charge in [-0.3, -0.25) is 20.4 Å². The molecule has 0 aliphatic carbocycles. The molecule has 3 aromatic rings. The van der Waals surface area contributed by atoms with Gasteiger partial charge in [0.25, 0.3) is 0 Å². The fourth-order valence-corrected chi connectivity index (χ4v) is 3.63. The summed E-state index contributed by atoms with van der Waals surface area (Å²) in [6, 6.07) is 24.1. The number of carbonyl (C=O) groups is 2. The summed E-state index contributed by atoms with van der Waals surface area (Å²) in [5, 5.41) is 0.634. The van der Waals surface area contributed by atoms with E-state index >= 15 is 0 Å². The largest absolute Gasteiger partial charge is 0.487 e. The quantitative estimate of drug-likeness (QED) is 0.539. The molecule has 2 N–H and O–H groups in total. The van der Waals surface area contributed by atoms with Gasteiger partial charge in [-0.05, 0) is 30.3 Å². The summed E-state index contributed by atoms with van der Waals surface area (Å²) in [4.78, 5) is 26.7. The molecule has 1 aliphatic rings. The van der Waals surface area contributed by atoms with E-state index in [0.29, 0.717) is 29.6 Å². The number of carbonyl (C=O) groups excluding carboxylic acids is 2. The van der Waals surface area contributed by atoms with Gasteiger partial charge in [0, 0.05) is 29.2 Å².